The molecule has 1 atom stereocenters. The maximum absolute atomic E-state index is 12.2. The molecular weight excluding hydrogens is 250 g/mol. The topological polar surface area (TPSA) is 76.3 Å². The van der Waals surface area contributed by atoms with Crippen LogP contribution in [0.3, 0.4) is 0 Å². The summed E-state index contributed by atoms with van der Waals surface area (Å²) in [5.74, 6) is -0.506. The number of hydrogen-bond acceptors (Lipinski definition) is 4. The van der Waals surface area contributed by atoms with Crippen molar-refractivity contribution in [2.24, 2.45) is 5.73 Å². The Hall–Kier alpha value is -1.43. The Labute approximate surface area is 110 Å². The Kier molecular flexibility index (Phi) is 3.65. The second-order valence-electron chi connectivity index (χ2n) is 4.80. The van der Waals surface area contributed by atoms with Crippen LogP contribution in [0.25, 0.3) is 0 Å². The molecule has 0 radical (unpaired) electrons. The highest BCUT2D eigenvalue weighted by atomic mass is 32.1. The third kappa shape index (κ3) is 2.38. The summed E-state index contributed by atoms with van der Waals surface area (Å²) >= 11 is 1.36. The quantitative estimate of drug-likeness (QED) is 0.880. The molecule has 2 rings (SSSR count). The van der Waals surface area contributed by atoms with Crippen LogP contribution in [0.15, 0.2) is 11.6 Å². The minimum Gasteiger partial charge on any atom is -0.369 e. The van der Waals surface area contributed by atoms with E-state index in [1.165, 1.54) is 11.3 Å². The predicted octanol–water partition coefficient (Wildman–Crippen LogP) is 0.899. The number of primary amides is 1. The van der Waals surface area contributed by atoms with Gasteiger partial charge in [-0.1, -0.05) is 0 Å². The van der Waals surface area contributed by atoms with Crippen molar-refractivity contribution in [1.29, 1.82) is 0 Å². The van der Waals surface area contributed by atoms with E-state index in [2.05, 4.69) is 4.98 Å². The minimum atomic E-state index is -0.992. The summed E-state index contributed by atoms with van der Waals surface area (Å²) in [5.41, 5.74) is 4.47. The lowest BCUT2D eigenvalue weighted by Crippen LogP contribution is -2.43. The number of hydrogen-bond donors (Lipinski definition) is 1. The molecule has 18 heavy (non-hydrogen) atoms. The number of carbonyl (C=O) groups excluding carboxylic acids is 2. The highest BCUT2D eigenvalue weighted by molar-refractivity contribution is 7.09. The first kappa shape index (κ1) is 13.0. The van der Waals surface area contributed by atoms with Crippen LogP contribution in [0, 0.1) is 0 Å². The van der Waals surface area contributed by atoms with Crippen molar-refractivity contribution in [2.75, 3.05) is 13.1 Å². The highest BCUT2D eigenvalue weighted by Crippen LogP contribution is 2.30. The first-order valence-corrected chi connectivity index (χ1v) is 6.89. The SMILES string of the molecule is CC(CC(=O)N1CCCC1)(C(N)=O)c1nccs1. The van der Waals surface area contributed by atoms with Crippen molar-refractivity contribution in [3.63, 3.8) is 0 Å². The van der Waals surface area contributed by atoms with Crippen molar-refractivity contribution < 1.29 is 9.59 Å². The molecule has 1 unspecified atom stereocenters. The third-order valence-electron chi connectivity index (χ3n) is 3.41. The summed E-state index contributed by atoms with van der Waals surface area (Å²) in [7, 11) is 0. The zero-order chi connectivity index (χ0) is 13.2. The molecule has 6 heteroatoms. The van der Waals surface area contributed by atoms with Gasteiger partial charge >= 0.3 is 0 Å². The van der Waals surface area contributed by atoms with E-state index in [1.54, 1.807) is 23.4 Å². The standard InChI is InChI=1S/C12H17N3O2S/c1-12(10(13)17,11-14-4-7-18-11)8-9(16)15-5-2-3-6-15/h4,7H,2-3,5-6,8H2,1H3,(H2,13,17). The monoisotopic (exact) mass is 267 g/mol. The van der Waals surface area contributed by atoms with Gasteiger partial charge in [-0.05, 0) is 19.8 Å². The lowest BCUT2D eigenvalue weighted by atomic mass is 9.86. The number of nitrogens with two attached hydrogens (primary N) is 1. The fourth-order valence-corrected chi connectivity index (χ4v) is 2.95. The summed E-state index contributed by atoms with van der Waals surface area (Å²) in [5, 5.41) is 2.40. The molecule has 1 aromatic rings. The minimum absolute atomic E-state index is 0.0102. The van der Waals surface area contributed by atoms with Crippen LogP contribution in [0.5, 0.6) is 0 Å². The van der Waals surface area contributed by atoms with Gasteiger partial charge in [-0.25, -0.2) is 4.98 Å². The Morgan fingerprint density at radius 1 is 1.50 bits per heavy atom. The Morgan fingerprint density at radius 2 is 2.17 bits per heavy atom. The van der Waals surface area contributed by atoms with Crippen LogP contribution < -0.4 is 5.73 Å². The highest BCUT2D eigenvalue weighted by Gasteiger charge is 2.39. The number of carbonyl (C=O) groups is 2. The largest absolute Gasteiger partial charge is 0.369 e. The van der Waals surface area contributed by atoms with Crippen molar-refractivity contribution in [1.82, 2.24) is 9.88 Å². The molecule has 1 aliphatic heterocycles. The zero-order valence-corrected chi connectivity index (χ0v) is 11.2. The van der Waals surface area contributed by atoms with Gasteiger partial charge in [-0.2, -0.15) is 0 Å². The van der Waals surface area contributed by atoms with Crippen molar-refractivity contribution >= 4 is 23.2 Å². The molecule has 5 nitrogen and oxygen atoms in total. The lowest BCUT2D eigenvalue weighted by Gasteiger charge is -2.25. The normalized spacial score (nSPS) is 18.6. The number of thiazole rings is 1. The Bertz CT molecular complexity index is 440. The average Bonchev–Trinajstić information content (AvgIpc) is 3.02. The van der Waals surface area contributed by atoms with Gasteiger partial charge in [0.2, 0.25) is 11.8 Å². The summed E-state index contributed by atoms with van der Waals surface area (Å²) in [6, 6.07) is 0. The van der Waals surface area contributed by atoms with E-state index in [0.717, 1.165) is 25.9 Å². The van der Waals surface area contributed by atoms with Gasteiger partial charge in [0.25, 0.3) is 0 Å². The first-order valence-electron chi connectivity index (χ1n) is 6.02. The first-order chi connectivity index (χ1) is 8.54. The van der Waals surface area contributed by atoms with E-state index in [4.69, 9.17) is 5.73 Å². The maximum atomic E-state index is 12.2. The van der Waals surface area contributed by atoms with E-state index < -0.39 is 11.3 Å². The molecule has 1 aliphatic rings. The Balaban J connectivity index is 2.16. The molecule has 2 N–H and O–H groups in total. The van der Waals surface area contributed by atoms with Gasteiger partial charge in [0.15, 0.2) is 0 Å². The number of nitrogens with zero attached hydrogens (tertiary/aromatic N) is 2. The van der Waals surface area contributed by atoms with E-state index >= 15 is 0 Å². The zero-order valence-electron chi connectivity index (χ0n) is 10.4. The van der Waals surface area contributed by atoms with Crippen LogP contribution in [-0.2, 0) is 15.0 Å². The fourth-order valence-electron chi connectivity index (χ4n) is 2.14. The van der Waals surface area contributed by atoms with Crippen LogP contribution in [-0.4, -0.2) is 34.8 Å². The third-order valence-corrected chi connectivity index (χ3v) is 4.45. The summed E-state index contributed by atoms with van der Waals surface area (Å²) in [6.07, 6.45) is 3.81. The van der Waals surface area contributed by atoms with Gasteiger partial charge in [0.05, 0.1) is 0 Å². The van der Waals surface area contributed by atoms with Crippen LogP contribution in [0.2, 0.25) is 0 Å². The second-order valence-corrected chi connectivity index (χ2v) is 5.69. The Morgan fingerprint density at radius 3 is 2.67 bits per heavy atom. The fraction of sp³-hybridized carbons (Fsp3) is 0.583. The van der Waals surface area contributed by atoms with Crippen LogP contribution >= 0.6 is 11.3 Å². The predicted molar refractivity (Wildman–Crippen MR) is 69.1 cm³/mol. The summed E-state index contributed by atoms with van der Waals surface area (Å²) in [6.45, 7) is 3.26. The molecule has 98 valence electrons. The summed E-state index contributed by atoms with van der Waals surface area (Å²) < 4.78 is 0. The molecule has 0 spiro atoms. The average molecular weight is 267 g/mol. The van der Waals surface area contributed by atoms with E-state index in [1.807, 2.05) is 0 Å². The van der Waals surface area contributed by atoms with E-state index in [-0.39, 0.29) is 12.3 Å². The van der Waals surface area contributed by atoms with Crippen molar-refractivity contribution in [2.45, 2.75) is 31.6 Å². The number of rotatable bonds is 4. The van der Waals surface area contributed by atoms with Crippen molar-refractivity contribution in [3.05, 3.63) is 16.6 Å². The molecule has 1 fully saturated rings. The van der Waals surface area contributed by atoms with Gasteiger partial charge in [-0.15, -0.1) is 11.3 Å². The van der Waals surface area contributed by atoms with Crippen LogP contribution in [0.4, 0.5) is 0 Å². The second kappa shape index (κ2) is 5.06. The number of likely N-dealkylation sites (tertiary alicyclic amines) is 1. The van der Waals surface area contributed by atoms with Crippen LogP contribution in [0.1, 0.15) is 31.2 Å². The number of aromatic nitrogens is 1. The molecule has 1 saturated heterocycles. The molecule has 0 aromatic carbocycles. The summed E-state index contributed by atoms with van der Waals surface area (Å²) in [4.78, 5) is 29.8. The smallest absolute Gasteiger partial charge is 0.230 e. The molecule has 0 saturated carbocycles. The molecule has 1 aromatic heterocycles. The van der Waals surface area contributed by atoms with E-state index in [9.17, 15) is 9.59 Å². The molecule has 2 amide bonds. The maximum Gasteiger partial charge on any atom is 0.230 e. The number of amides is 2. The van der Waals surface area contributed by atoms with Gasteiger partial charge in [-0.3, -0.25) is 9.59 Å². The van der Waals surface area contributed by atoms with Gasteiger partial charge < -0.3 is 10.6 Å². The van der Waals surface area contributed by atoms with Gasteiger partial charge in [0.1, 0.15) is 10.4 Å². The van der Waals surface area contributed by atoms with E-state index in [0.29, 0.717) is 5.01 Å². The molecular formula is C12H17N3O2S. The molecule has 0 aliphatic carbocycles. The lowest BCUT2D eigenvalue weighted by molar-refractivity contribution is -0.135. The van der Waals surface area contributed by atoms with Gasteiger partial charge in [0, 0.05) is 31.1 Å². The molecule has 0 bridgehead atoms. The molecule has 2 heterocycles. The van der Waals surface area contributed by atoms with Crippen molar-refractivity contribution in [3.8, 4) is 0 Å².